The first-order valence-corrected chi connectivity index (χ1v) is 30.1. The van der Waals surface area contributed by atoms with Crippen molar-refractivity contribution in [3.05, 3.63) is 352 Å². The van der Waals surface area contributed by atoms with Gasteiger partial charge >= 0.3 is 0 Å². The molecule has 0 spiro atoms. The van der Waals surface area contributed by atoms with E-state index in [0.29, 0.717) is 0 Å². The lowest BCUT2D eigenvalue weighted by Crippen LogP contribution is -2.10. The van der Waals surface area contributed by atoms with Crippen LogP contribution >= 0.6 is 0 Å². The van der Waals surface area contributed by atoms with Gasteiger partial charge in [0.2, 0.25) is 0 Å². The Kier molecular flexibility index (Phi) is 13.2. The number of benzene rings is 14. The molecule has 16 aromatic rings. The van der Waals surface area contributed by atoms with Crippen molar-refractivity contribution in [1.29, 1.82) is 0 Å². The van der Waals surface area contributed by atoms with Gasteiger partial charge in [0.1, 0.15) is 0 Å². The average molecular weight is 1120 g/mol. The summed E-state index contributed by atoms with van der Waals surface area (Å²) in [6.07, 6.45) is 0. The topological polar surface area (TPSA) is 16.3 Å². The van der Waals surface area contributed by atoms with Crippen molar-refractivity contribution in [3.8, 4) is 67.0 Å². The first-order valence-electron chi connectivity index (χ1n) is 30.1. The van der Waals surface area contributed by atoms with Gasteiger partial charge in [0.05, 0.1) is 22.1 Å². The molecule has 2 aromatic heterocycles. The highest BCUT2D eigenvalue weighted by Crippen LogP contribution is 2.42. The predicted octanol–water partition coefficient (Wildman–Crippen LogP) is 23.2. The Bertz CT molecular complexity index is 5050. The molecule has 0 bridgehead atoms. The first kappa shape index (κ1) is 51.9. The Morgan fingerprint density at radius 1 is 0.159 bits per heavy atom. The summed E-state index contributed by atoms with van der Waals surface area (Å²) in [4.78, 5) is 4.72. The lowest BCUT2D eigenvalue weighted by atomic mass is 9.97. The van der Waals surface area contributed by atoms with E-state index < -0.39 is 0 Å². The fourth-order valence-corrected chi connectivity index (χ4v) is 13.0. The molecule has 0 fully saturated rings. The molecule has 2 heterocycles. The number of hydrogen-bond acceptors (Lipinski definition) is 2. The fraction of sp³-hybridized carbons (Fsp3) is 0. The summed E-state index contributed by atoms with van der Waals surface area (Å²) < 4.78 is 4.74. The van der Waals surface area contributed by atoms with Gasteiger partial charge in [0.15, 0.2) is 0 Å². The number of anilines is 6. The molecule has 414 valence electrons. The second kappa shape index (κ2) is 22.4. The van der Waals surface area contributed by atoms with Crippen LogP contribution in [-0.4, -0.2) is 9.13 Å². The molecule has 4 nitrogen and oxygen atoms in total. The molecular weight excluding hydrogens is 1060 g/mol. The molecule has 0 amide bonds. The van der Waals surface area contributed by atoms with Crippen LogP contribution in [0.5, 0.6) is 0 Å². The summed E-state index contributed by atoms with van der Waals surface area (Å²) in [6.45, 7) is 0. The summed E-state index contributed by atoms with van der Waals surface area (Å²) >= 11 is 0. The van der Waals surface area contributed by atoms with Crippen LogP contribution < -0.4 is 9.80 Å². The number of aromatic nitrogens is 2. The van der Waals surface area contributed by atoms with Crippen LogP contribution in [0.4, 0.5) is 34.1 Å². The van der Waals surface area contributed by atoms with E-state index in [2.05, 4.69) is 371 Å². The second-order valence-electron chi connectivity index (χ2n) is 22.5. The number of hydrogen-bond donors (Lipinski definition) is 0. The maximum absolute atomic E-state index is 2.37. The molecule has 0 aliphatic rings. The zero-order valence-electron chi connectivity index (χ0n) is 48.3. The number of rotatable bonds is 13. The quantitative estimate of drug-likeness (QED) is 0.114. The van der Waals surface area contributed by atoms with E-state index in [0.717, 1.165) is 78.9 Å². The minimum Gasteiger partial charge on any atom is -0.310 e. The molecule has 0 saturated heterocycles. The average Bonchev–Trinajstić information content (AvgIpc) is 2.49. The van der Waals surface area contributed by atoms with Crippen LogP contribution in [0, 0.1) is 0 Å². The van der Waals surface area contributed by atoms with E-state index in [9.17, 15) is 0 Å². The minimum atomic E-state index is 1.07. The largest absolute Gasteiger partial charge is 0.310 e. The highest BCUT2D eigenvalue weighted by molar-refractivity contribution is 6.10. The lowest BCUT2D eigenvalue weighted by molar-refractivity contribution is 1.18. The fourth-order valence-electron chi connectivity index (χ4n) is 13.0. The van der Waals surface area contributed by atoms with Gasteiger partial charge in [-0.2, -0.15) is 0 Å². The summed E-state index contributed by atoms with van der Waals surface area (Å²) in [5.74, 6) is 0. The third kappa shape index (κ3) is 9.56. The highest BCUT2D eigenvalue weighted by Gasteiger charge is 2.19. The molecule has 4 heteroatoms. The Balaban J connectivity index is 0.694. The zero-order valence-corrected chi connectivity index (χ0v) is 48.3. The number of para-hydroxylation sites is 5. The molecule has 0 N–H and O–H groups in total. The van der Waals surface area contributed by atoms with Crippen molar-refractivity contribution >= 4 is 77.7 Å². The normalized spacial score (nSPS) is 11.4. The van der Waals surface area contributed by atoms with Gasteiger partial charge in [-0.3, -0.25) is 0 Å². The van der Waals surface area contributed by atoms with Crippen molar-refractivity contribution in [2.75, 3.05) is 9.80 Å². The van der Waals surface area contributed by atoms with Crippen molar-refractivity contribution in [3.63, 3.8) is 0 Å². The van der Waals surface area contributed by atoms with Gasteiger partial charge in [-0.05, 0) is 183 Å². The van der Waals surface area contributed by atoms with Crippen LogP contribution in [0.15, 0.2) is 352 Å². The van der Waals surface area contributed by atoms with Crippen molar-refractivity contribution < 1.29 is 0 Å². The predicted molar refractivity (Wildman–Crippen MR) is 372 cm³/mol. The second-order valence-corrected chi connectivity index (χ2v) is 22.5. The monoisotopic (exact) mass is 1120 g/mol. The Labute approximate surface area is 512 Å². The summed E-state index contributed by atoms with van der Waals surface area (Å²) in [6, 6.07) is 128. The Morgan fingerprint density at radius 3 is 0.750 bits per heavy atom. The summed E-state index contributed by atoms with van der Waals surface area (Å²) in [5, 5.41) is 5.05. The lowest BCUT2D eigenvalue weighted by Gasteiger charge is -2.26. The molecular formula is C84H58N4. The maximum Gasteiger partial charge on any atom is 0.0541 e. The van der Waals surface area contributed by atoms with Gasteiger partial charge in [-0.1, -0.05) is 224 Å². The van der Waals surface area contributed by atoms with Gasteiger partial charge in [-0.25, -0.2) is 0 Å². The van der Waals surface area contributed by atoms with Crippen LogP contribution in [0.25, 0.3) is 111 Å². The number of nitrogens with zero attached hydrogens (tertiary/aromatic N) is 4. The molecule has 0 unspecified atom stereocenters. The molecule has 0 aliphatic carbocycles. The third-order valence-electron chi connectivity index (χ3n) is 17.3. The first-order chi connectivity index (χ1) is 43.6. The van der Waals surface area contributed by atoms with Crippen molar-refractivity contribution in [2.45, 2.75) is 0 Å². The molecule has 0 saturated carbocycles. The molecule has 14 aromatic carbocycles. The Hall–Kier alpha value is -11.7. The van der Waals surface area contributed by atoms with Gasteiger partial charge in [0, 0.05) is 67.0 Å². The van der Waals surface area contributed by atoms with Crippen LogP contribution in [0.3, 0.4) is 0 Å². The number of fused-ring (bicyclic) bond motifs is 6. The molecule has 0 aliphatic heterocycles. The highest BCUT2D eigenvalue weighted by atomic mass is 15.1. The standard InChI is InChI=1S/C84H58N4/c1-3-18-59(19-4-1)60-36-46-71(47-37-60)86(72-50-40-62(41-51-72)64-44-54-74(55-45-64)88-83-34-13-9-30-79(83)80-31-10-14-35-84(80)88)76-27-17-23-68(58-76)66-21-15-20-65(56-66)67-22-16-26-75(57-67)85(69-24-5-2-6-25-69)70-48-38-61(39-49-70)63-42-52-73(53-43-63)87-81-32-11-7-28-77(81)78-29-8-12-33-82(78)87/h1-58H. The Morgan fingerprint density at radius 2 is 0.398 bits per heavy atom. The van der Waals surface area contributed by atoms with E-state index in [4.69, 9.17) is 0 Å². The molecule has 88 heavy (non-hydrogen) atoms. The van der Waals surface area contributed by atoms with Crippen molar-refractivity contribution in [1.82, 2.24) is 9.13 Å². The van der Waals surface area contributed by atoms with E-state index in [1.165, 1.54) is 65.9 Å². The smallest absolute Gasteiger partial charge is 0.0541 e. The van der Waals surface area contributed by atoms with Crippen LogP contribution in [0.1, 0.15) is 0 Å². The third-order valence-corrected chi connectivity index (χ3v) is 17.3. The van der Waals surface area contributed by atoms with E-state index in [-0.39, 0.29) is 0 Å². The summed E-state index contributed by atoms with van der Waals surface area (Å²) in [7, 11) is 0. The van der Waals surface area contributed by atoms with Crippen molar-refractivity contribution in [2.24, 2.45) is 0 Å². The maximum atomic E-state index is 2.37. The SMILES string of the molecule is c1ccc(-c2ccc(N(c3ccc(-c4ccc(-n5c6ccccc6c6ccccc65)cc4)cc3)c3cccc(-c4cccc(-c5cccc(N(c6ccccc6)c6ccc(-c7ccc(-n8c9ccccc9c9ccccc98)cc7)cc6)c5)c4)c3)cc2)cc1. The summed E-state index contributed by atoms with van der Waals surface area (Å²) in [5.41, 5.74) is 25.2. The molecule has 0 radical (unpaired) electrons. The van der Waals surface area contributed by atoms with E-state index in [1.807, 2.05) is 0 Å². The van der Waals surface area contributed by atoms with Gasteiger partial charge in [-0.15, -0.1) is 0 Å². The van der Waals surface area contributed by atoms with E-state index >= 15 is 0 Å². The van der Waals surface area contributed by atoms with Crippen LogP contribution in [0.2, 0.25) is 0 Å². The molecule has 16 rings (SSSR count). The van der Waals surface area contributed by atoms with Crippen LogP contribution in [-0.2, 0) is 0 Å². The zero-order chi connectivity index (χ0) is 58.3. The van der Waals surface area contributed by atoms with E-state index in [1.54, 1.807) is 0 Å². The molecule has 0 atom stereocenters. The van der Waals surface area contributed by atoms with Gasteiger partial charge < -0.3 is 18.9 Å². The van der Waals surface area contributed by atoms with Gasteiger partial charge in [0.25, 0.3) is 0 Å². The minimum absolute atomic E-state index is 1.07.